The Morgan fingerprint density at radius 1 is 0.950 bits per heavy atom. The number of ether oxygens (including phenoxy) is 4. The summed E-state index contributed by atoms with van der Waals surface area (Å²) in [6.45, 7) is 0.466. The van der Waals surface area contributed by atoms with Gasteiger partial charge in [0.25, 0.3) is 0 Å². The molecule has 6 nitrogen and oxygen atoms in total. The van der Waals surface area contributed by atoms with Crippen molar-refractivity contribution in [2.24, 2.45) is 0 Å². The van der Waals surface area contributed by atoms with Crippen LogP contribution in [0, 0.1) is 0 Å². The van der Waals surface area contributed by atoms with E-state index >= 15 is 0 Å². The summed E-state index contributed by atoms with van der Waals surface area (Å²) < 4.78 is 20.0. The van der Waals surface area contributed by atoms with Crippen molar-refractivity contribution in [3.8, 4) is 5.75 Å². The molecule has 0 spiro atoms. The minimum Gasteiger partial charge on any atom is -0.497 e. The monoisotopic (exact) mass is 286 g/mol. The Bertz CT molecular complexity index is 353. The van der Waals surface area contributed by atoms with Crippen LogP contribution in [0.15, 0.2) is 24.3 Å². The molecule has 2 atom stereocenters. The standard InChI is InChI=1S/C14H22O6/c1-17-10-20-9-14(16)13(15)8-19-7-11-3-5-12(18-2)6-4-11/h3-6,13-16H,7-10H2,1-2H3/t13-,14+/m0/s1. The normalized spacial score (nSPS) is 14.0. The molecule has 0 aliphatic rings. The highest BCUT2D eigenvalue weighted by molar-refractivity contribution is 5.26. The van der Waals surface area contributed by atoms with Crippen LogP contribution in [-0.4, -0.2) is 56.6 Å². The second-order valence-corrected chi connectivity index (χ2v) is 4.28. The zero-order valence-corrected chi connectivity index (χ0v) is 11.8. The Kier molecular flexibility index (Phi) is 8.17. The van der Waals surface area contributed by atoms with Gasteiger partial charge in [0.1, 0.15) is 24.8 Å². The molecule has 0 saturated heterocycles. The van der Waals surface area contributed by atoms with Crippen LogP contribution in [0.5, 0.6) is 5.75 Å². The van der Waals surface area contributed by atoms with Gasteiger partial charge in [-0.15, -0.1) is 0 Å². The number of hydrogen-bond donors (Lipinski definition) is 2. The fraction of sp³-hybridized carbons (Fsp3) is 0.571. The third-order valence-electron chi connectivity index (χ3n) is 2.65. The van der Waals surface area contributed by atoms with E-state index in [1.807, 2.05) is 24.3 Å². The van der Waals surface area contributed by atoms with Crippen molar-refractivity contribution in [2.45, 2.75) is 18.8 Å². The van der Waals surface area contributed by atoms with Gasteiger partial charge < -0.3 is 29.2 Å². The fourth-order valence-corrected chi connectivity index (χ4v) is 1.49. The molecule has 0 bridgehead atoms. The van der Waals surface area contributed by atoms with Crippen LogP contribution in [0.1, 0.15) is 5.56 Å². The molecule has 0 saturated carbocycles. The lowest BCUT2D eigenvalue weighted by molar-refractivity contribution is -0.105. The lowest BCUT2D eigenvalue weighted by Crippen LogP contribution is -2.34. The van der Waals surface area contributed by atoms with Crippen molar-refractivity contribution in [1.82, 2.24) is 0 Å². The molecule has 6 heteroatoms. The molecule has 1 aromatic rings. The van der Waals surface area contributed by atoms with Gasteiger partial charge in [-0.3, -0.25) is 0 Å². The van der Waals surface area contributed by atoms with E-state index in [9.17, 15) is 10.2 Å². The first kappa shape index (κ1) is 16.9. The third kappa shape index (κ3) is 6.31. The molecular weight excluding hydrogens is 264 g/mol. The Balaban J connectivity index is 2.21. The minimum atomic E-state index is -0.999. The Morgan fingerprint density at radius 3 is 2.10 bits per heavy atom. The van der Waals surface area contributed by atoms with Gasteiger partial charge >= 0.3 is 0 Å². The summed E-state index contributed by atoms with van der Waals surface area (Å²) in [6, 6.07) is 7.43. The smallest absolute Gasteiger partial charge is 0.146 e. The average Bonchev–Trinajstić information content (AvgIpc) is 2.48. The van der Waals surface area contributed by atoms with E-state index in [1.165, 1.54) is 7.11 Å². The molecule has 1 aromatic carbocycles. The topological polar surface area (TPSA) is 77.4 Å². The van der Waals surface area contributed by atoms with Crippen LogP contribution in [0.4, 0.5) is 0 Å². The second kappa shape index (κ2) is 9.68. The SMILES string of the molecule is COCOC[C@@H](O)[C@@H](O)COCc1ccc(OC)cc1. The summed E-state index contributed by atoms with van der Waals surface area (Å²) in [5, 5.41) is 19.2. The van der Waals surface area contributed by atoms with Crippen molar-refractivity contribution >= 4 is 0 Å². The number of methoxy groups -OCH3 is 2. The maximum Gasteiger partial charge on any atom is 0.146 e. The lowest BCUT2D eigenvalue weighted by Gasteiger charge is -2.17. The van der Waals surface area contributed by atoms with E-state index in [0.29, 0.717) is 6.61 Å². The Labute approximate surface area is 118 Å². The van der Waals surface area contributed by atoms with Gasteiger partial charge in [0, 0.05) is 7.11 Å². The van der Waals surface area contributed by atoms with Gasteiger partial charge in [0.05, 0.1) is 26.9 Å². The molecule has 0 aliphatic heterocycles. The van der Waals surface area contributed by atoms with E-state index in [1.54, 1.807) is 7.11 Å². The van der Waals surface area contributed by atoms with E-state index in [4.69, 9.17) is 14.2 Å². The molecule has 20 heavy (non-hydrogen) atoms. The molecular formula is C14H22O6. The van der Waals surface area contributed by atoms with Gasteiger partial charge in [0.15, 0.2) is 0 Å². The zero-order valence-electron chi connectivity index (χ0n) is 11.8. The zero-order chi connectivity index (χ0) is 14.8. The Morgan fingerprint density at radius 2 is 1.55 bits per heavy atom. The second-order valence-electron chi connectivity index (χ2n) is 4.28. The Hall–Kier alpha value is -1.18. The minimum absolute atomic E-state index is 0.000895. The van der Waals surface area contributed by atoms with E-state index < -0.39 is 12.2 Å². The van der Waals surface area contributed by atoms with Crippen LogP contribution < -0.4 is 4.74 Å². The van der Waals surface area contributed by atoms with Crippen molar-refractivity contribution in [1.29, 1.82) is 0 Å². The largest absolute Gasteiger partial charge is 0.497 e. The van der Waals surface area contributed by atoms with Crippen LogP contribution in [0.25, 0.3) is 0 Å². The van der Waals surface area contributed by atoms with Gasteiger partial charge in [-0.1, -0.05) is 12.1 Å². The van der Waals surface area contributed by atoms with E-state index in [-0.39, 0.29) is 20.0 Å². The van der Waals surface area contributed by atoms with Crippen LogP contribution in [0.3, 0.4) is 0 Å². The van der Waals surface area contributed by atoms with Crippen LogP contribution in [-0.2, 0) is 20.8 Å². The molecule has 0 fully saturated rings. The predicted molar refractivity (Wildman–Crippen MR) is 72.5 cm³/mol. The summed E-state index contributed by atoms with van der Waals surface area (Å²) in [6.07, 6.45) is -1.99. The van der Waals surface area contributed by atoms with Gasteiger partial charge in [-0.05, 0) is 17.7 Å². The highest BCUT2D eigenvalue weighted by Crippen LogP contribution is 2.12. The number of aliphatic hydroxyl groups is 2. The molecule has 0 unspecified atom stereocenters. The van der Waals surface area contributed by atoms with Crippen molar-refractivity contribution in [3.05, 3.63) is 29.8 Å². The van der Waals surface area contributed by atoms with Gasteiger partial charge in [0.2, 0.25) is 0 Å². The fourth-order valence-electron chi connectivity index (χ4n) is 1.49. The first-order valence-corrected chi connectivity index (χ1v) is 6.31. The first-order chi connectivity index (χ1) is 9.67. The van der Waals surface area contributed by atoms with E-state index in [2.05, 4.69) is 4.74 Å². The number of aliphatic hydroxyl groups excluding tert-OH is 2. The number of benzene rings is 1. The molecule has 0 aromatic heterocycles. The average molecular weight is 286 g/mol. The maximum absolute atomic E-state index is 9.66. The number of rotatable bonds is 10. The molecule has 114 valence electrons. The summed E-state index contributed by atoms with van der Waals surface area (Å²) in [5.41, 5.74) is 0.961. The maximum atomic E-state index is 9.66. The van der Waals surface area contributed by atoms with Crippen LogP contribution in [0.2, 0.25) is 0 Å². The molecule has 0 amide bonds. The summed E-state index contributed by atoms with van der Waals surface area (Å²) in [7, 11) is 3.09. The van der Waals surface area contributed by atoms with Crippen molar-refractivity contribution in [2.75, 3.05) is 34.2 Å². The molecule has 2 N–H and O–H groups in total. The lowest BCUT2D eigenvalue weighted by atomic mass is 10.2. The third-order valence-corrected chi connectivity index (χ3v) is 2.65. The summed E-state index contributed by atoms with van der Waals surface area (Å²) in [4.78, 5) is 0. The summed E-state index contributed by atoms with van der Waals surface area (Å²) in [5.74, 6) is 0.777. The highest BCUT2D eigenvalue weighted by atomic mass is 16.7. The predicted octanol–water partition coefficient (Wildman–Crippen LogP) is 0.554. The molecule has 1 rings (SSSR count). The molecule has 0 radical (unpaired) electrons. The van der Waals surface area contributed by atoms with Gasteiger partial charge in [-0.2, -0.15) is 0 Å². The van der Waals surface area contributed by atoms with Crippen LogP contribution >= 0.6 is 0 Å². The quantitative estimate of drug-likeness (QED) is 0.483. The highest BCUT2D eigenvalue weighted by Gasteiger charge is 2.16. The van der Waals surface area contributed by atoms with Crippen molar-refractivity contribution < 1.29 is 29.2 Å². The van der Waals surface area contributed by atoms with Crippen molar-refractivity contribution in [3.63, 3.8) is 0 Å². The summed E-state index contributed by atoms with van der Waals surface area (Å²) >= 11 is 0. The molecule has 0 aliphatic carbocycles. The first-order valence-electron chi connectivity index (χ1n) is 6.31. The molecule has 0 heterocycles. The van der Waals surface area contributed by atoms with E-state index in [0.717, 1.165) is 11.3 Å². The number of hydrogen-bond acceptors (Lipinski definition) is 6. The van der Waals surface area contributed by atoms with Gasteiger partial charge in [-0.25, -0.2) is 0 Å².